The van der Waals surface area contributed by atoms with E-state index in [4.69, 9.17) is 19.2 Å². The third-order valence-electron chi connectivity index (χ3n) is 6.63. The second kappa shape index (κ2) is 6.54. The molecule has 0 saturated carbocycles. The summed E-state index contributed by atoms with van der Waals surface area (Å²) in [5.74, 6) is 0.400. The highest BCUT2D eigenvalue weighted by molar-refractivity contribution is 5.91. The topological polar surface area (TPSA) is 120 Å². The number of fused-ring (bicyclic) bond motifs is 6. The van der Waals surface area contributed by atoms with E-state index in [1.54, 1.807) is 23.6 Å². The molecule has 0 fully saturated rings. The Morgan fingerprint density at radius 3 is 2.56 bits per heavy atom. The van der Waals surface area contributed by atoms with Crippen molar-refractivity contribution in [2.75, 3.05) is 13.2 Å². The highest BCUT2D eigenvalue weighted by atomic mass is 16.6. The average Bonchev–Trinajstić information content (AvgIpc) is 3.17. The van der Waals surface area contributed by atoms with E-state index in [0.29, 0.717) is 47.2 Å². The van der Waals surface area contributed by atoms with Gasteiger partial charge < -0.3 is 29.0 Å². The molecule has 0 bridgehead atoms. The van der Waals surface area contributed by atoms with Crippen molar-refractivity contribution in [1.29, 1.82) is 0 Å². The van der Waals surface area contributed by atoms with Gasteiger partial charge in [0.05, 0.1) is 35.6 Å². The lowest BCUT2D eigenvalue weighted by Gasteiger charge is -2.31. The van der Waals surface area contributed by atoms with Crippen LogP contribution in [0.15, 0.2) is 23.0 Å². The summed E-state index contributed by atoms with van der Waals surface area (Å²) in [6.45, 7) is 2.34. The maximum Gasteiger partial charge on any atom is 0.343 e. The lowest BCUT2D eigenvalue weighted by molar-refractivity contribution is -0.172. The van der Waals surface area contributed by atoms with Crippen molar-refractivity contribution in [1.82, 2.24) is 9.55 Å². The van der Waals surface area contributed by atoms with Crippen LogP contribution in [0.3, 0.4) is 0 Å². The van der Waals surface area contributed by atoms with Gasteiger partial charge >= 0.3 is 5.97 Å². The number of aliphatic hydroxyl groups is 2. The molecule has 164 valence electrons. The second-order valence-corrected chi connectivity index (χ2v) is 8.19. The molecule has 3 aliphatic rings. The predicted molar refractivity (Wildman–Crippen MR) is 111 cm³/mol. The van der Waals surface area contributed by atoms with Gasteiger partial charge in [-0.2, -0.15) is 0 Å². The monoisotopic (exact) mass is 436 g/mol. The lowest BCUT2D eigenvalue weighted by Crippen LogP contribution is -2.44. The number of rotatable bonds is 2. The van der Waals surface area contributed by atoms with Crippen molar-refractivity contribution in [3.8, 4) is 22.9 Å². The fourth-order valence-corrected chi connectivity index (χ4v) is 4.88. The average molecular weight is 436 g/mol. The molecule has 0 spiro atoms. The van der Waals surface area contributed by atoms with Crippen molar-refractivity contribution < 1.29 is 29.2 Å². The SMILES string of the molecule is CCC1(O)C(=O)OCc2c1cc1n(c2=O)Cc2c-1nc1cc3c(cc1c2CO)OCCO3. The molecular formula is C23H20N2O7. The summed E-state index contributed by atoms with van der Waals surface area (Å²) in [6, 6.07) is 5.23. The molecule has 1 unspecified atom stereocenters. The Labute approximate surface area is 181 Å². The Kier molecular flexibility index (Phi) is 3.94. The minimum atomic E-state index is -1.88. The number of pyridine rings is 2. The summed E-state index contributed by atoms with van der Waals surface area (Å²) in [5, 5.41) is 22.0. The third-order valence-corrected chi connectivity index (χ3v) is 6.63. The number of hydrogen-bond donors (Lipinski definition) is 2. The lowest BCUT2D eigenvalue weighted by atomic mass is 9.86. The zero-order valence-corrected chi connectivity index (χ0v) is 17.3. The van der Waals surface area contributed by atoms with Crippen LogP contribution in [-0.2, 0) is 34.9 Å². The zero-order chi connectivity index (χ0) is 22.2. The van der Waals surface area contributed by atoms with Crippen LogP contribution in [0.25, 0.3) is 22.3 Å². The van der Waals surface area contributed by atoms with Crippen molar-refractivity contribution in [2.24, 2.45) is 0 Å². The van der Waals surface area contributed by atoms with E-state index in [1.807, 2.05) is 6.07 Å². The van der Waals surface area contributed by atoms with Gasteiger partial charge in [-0.05, 0) is 24.1 Å². The van der Waals surface area contributed by atoms with Gasteiger partial charge in [0.2, 0.25) is 0 Å². The molecule has 9 nitrogen and oxygen atoms in total. The normalized spacial score (nSPS) is 20.5. The van der Waals surface area contributed by atoms with Crippen LogP contribution in [0.1, 0.15) is 35.6 Å². The maximum atomic E-state index is 13.3. The molecule has 0 aliphatic carbocycles. The van der Waals surface area contributed by atoms with E-state index in [0.717, 1.165) is 10.9 Å². The standard InChI is InChI=1S/C23H20N2O7/c1-2-23(29)15-6-17-20-12(8-25(17)21(27)14(15)10-32-22(23)28)13(9-26)11-5-18-19(7-16(11)24-20)31-4-3-30-18/h5-7,26,29H,2-4,8-10H2,1H3. The van der Waals surface area contributed by atoms with E-state index in [2.05, 4.69) is 0 Å². The number of esters is 1. The number of cyclic esters (lactones) is 1. The first-order valence-corrected chi connectivity index (χ1v) is 10.5. The number of aliphatic hydroxyl groups excluding tert-OH is 1. The molecule has 0 amide bonds. The fourth-order valence-electron chi connectivity index (χ4n) is 4.88. The van der Waals surface area contributed by atoms with Gasteiger partial charge in [-0.1, -0.05) is 6.92 Å². The number of carbonyl (C=O) groups is 1. The highest BCUT2D eigenvalue weighted by Crippen LogP contribution is 2.42. The fraction of sp³-hybridized carbons (Fsp3) is 0.348. The van der Waals surface area contributed by atoms with Crippen molar-refractivity contribution in [3.63, 3.8) is 0 Å². The molecule has 32 heavy (non-hydrogen) atoms. The Morgan fingerprint density at radius 1 is 1.09 bits per heavy atom. The Balaban J connectivity index is 1.64. The zero-order valence-electron chi connectivity index (χ0n) is 17.3. The molecule has 1 atom stereocenters. The van der Waals surface area contributed by atoms with Gasteiger partial charge in [-0.25, -0.2) is 9.78 Å². The molecule has 2 N–H and O–H groups in total. The Morgan fingerprint density at radius 2 is 1.84 bits per heavy atom. The van der Waals surface area contributed by atoms with Gasteiger partial charge in [0, 0.05) is 22.6 Å². The van der Waals surface area contributed by atoms with Crippen LogP contribution >= 0.6 is 0 Å². The summed E-state index contributed by atoms with van der Waals surface area (Å²) in [7, 11) is 0. The first-order chi connectivity index (χ1) is 15.5. The first kappa shape index (κ1) is 19.3. The summed E-state index contributed by atoms with van der Waals surface area (Å²) in [5.41, 5.74) is 1.31. The molecule has 1 aromatic carbocycles. The van der Waals surface area contributed by atoms with Crippen LogP contribution in [0, 0.1) is 0 Å². The van der Waals surface area contributed by atoms with Crippen molar-refractivity contribution in [2.45, 2.75) is 38.7 Å². The summed E-state index contributed by atoms with van der Waals surface area (Å²) >= 11 is 0. The van der Waals surface area contributed by atoms with Gasteiger partial charge in [0.25, 0.3) is 5.56 Å². The molecule has 6 rings (SSSR count). The molecule has 3 aliphatic heterocycles. The number of hydrogen-bond acceptors (Lipinski definition) is 8. The van der Waals surface area contributed by atoms with Gasteiger partial charge in [-0.15, -0.1) is 0 Å². The van der Waals surface area contributed by atoms with Crippen LogP contribution in [0.2, 0.25) is 0 Å². The highest BCUT2D eigenvalue weighted by Gasteiger charge is 2.45. The van der Waals surface area contributed by atoms with E-state index < -0.39 is 11.6 Å². The molecule has 3 aromatic rings. The van der Waals surface area contributed by atoms with Crippen molar-refractivity contribution in [3.05, 3.63) is 50.8 Å². The van der Waals surface area contributed by atoms with Crippen molar-refractivity contribution >= 4 is 16.9 Å². The van der Waals surface area contributed by atoms with Gasteiger partial charge in [-0.3, -0.25) is 4.79 Å². The smallest absolute Gasteiger partial charge is 0.343 e. The predicted octanol–water partition coefficient (Wildman–Crippen LogP) is 1.34. The van der Waals surface area contributed by atoms with E-state index in [-0.39, 0.29) is 42.9 Å². The summed E-state index contributed by atoms with van der Waals surface area (Å²) < 4.78 is 18.0. The van der Waals surface area contributed by atoms with Gasteiger partial charge in [0.1, 0.15) is 19.8 Å². The number of nitrogens with zero attached hydrogens (tertiary/aromatic N) is 2. The second-order valence-electron chi connectivity index (χ2n) is 8.19. The Bertz CT molecular complexity index is 1390. The number of ether oxygens (including phenoxy) is 3. The number of carbonyl (C=O) groups excluding carboxylic acids is 1. The molecule has 2 aromatic heterocycles. The van der Waals surface area contributed by atoms with E-state index >= 15 is 0 Å². The third kappa shape index (κ3) is 2.37. The molecule has 9 heteroatoms. The maximum absolute atomic E-state index is 13.3. The summed E-state index contributed by atoms with van der Waals surface area (Å²) in [6.07, 6.45) is 0.0745. The molecular weight excluding hydrogens is 416 g/mol. The van der Waals surface area contributed by atoms with Crippen LogP contribution < -0.4 is 15.0 Å². The van der Waals surface area contributed by atoms with E-state index in [9.17, 15) is 19.8 Å². The molecule has 5 heterocycles. The van der Waals surface area contributed by atoms with E-state index in [1.165, 1.54) is 0 Å². The van der Waals surface area contributed by atoms with Crippen LogP contribution in [-0.4, -0.2) is 38.9 Å². The van der Waals surface area contributed by atoms with Crippen LogP contribution in [0.5, 0.6) is 11.5 Å². The minimum absolute atomic E-state index is 0.0745. The number of aromatic nitrogens is 2. The van der Waals surface area contributed by atoms with Gasteiger partial charge in [0.15, 0.2) is 17.1 Å². The minimum Gasteiger partial charge on any atom is -0.486 e. The Hall–Kier alpha value is -3.43. The van der Waals surface area contributed by atoms with Crippen LogP contribution in [0.4, 0.5) is 0 Å². The molecule has 0 saturated heterocycles. The number of benzene rings is 1. The largest absolute Gasteiger partial charge is 0.486 e. The quantitative estimate of drug-likeness (QED) is 0.452. The summed E-state index contributed by atoms with van der Waals surface area (Å²) in [4.78, 5) is 30.4. The first-order valence-electron chi connectivity index (χ1n) is 10.5. The molecule has 0 radical (unpaired) electrons.